The summed E-state index contributed by atoms with van der Waals surface area (Å²) in [4.78, 5) is 16.6. The minimum Gasteiger partial charge on any atom is -0.383 e. The molecule has 0 aliphatic rings. The van der Waals surface area contributed by atoms with Gasteiger partial charge in [0.1, 0.15) is 10.7 Å². The van der Waals surface area contributed by atoms with Crippen LogP contribution in [0.25, 0.3) is 0 Å². The van der Waals surface area contributed by atoms with Crippen molar-refractivity contribution in [3.05, 3.63) is 4.88 Å². The van der Waals surface area contributed by atoms with Crippen molar-refractivity contribution in [3.63, 3.8) is 0 Å². The molecule has 0 saturated carbocycles. The molecule has 19 heavy (non-hydrogen) atoms. The van der Waals surface area contributed by atoms with Crippen LogP contribution in [0.3, 0.4) is 0 Å². The molecular formula is C12H22N4O2S. The van der Waals surface area contributed by atoms with Crippen LogP contribution in [0, 0.1) is 5.92 Å². The highest BCUT2D eigenvalue weighted by molar-refractivity contribution is 7.18. The number of nitrogens with zero attached hydrogens (tertiary/aromatic N) is 1. The zero-order valence-corrected chi connectivity index (χ0v) is 12.6. The topological polar surface area (TPSA) is 89.3 Å². The summed E-state index contributed by atoms with van der Waals surface area (Å²) in [5.74, 6) is 0.465. The molecule has 1 unspecified atom stereocenters. The third-order valence-corrected chi connectivity index (χ3v) is 3.83. The summed E-state index contributed by atoms with van der Waals surface area (Å²) in [6.45, 7) is 7.28. The number of nitrogens with one attached hydrogen (secondary N) is 2. The number of nitrogen functional groups attached to an aromatic ring is 1. The average Bonchev–Trinajstić information content (AvgIpc) is 2.70. The Morgan fingerprint density at radius 1 is 1.47 bits per heavy atom. The van der Waals surface area contributed by atoms with E-state index in [1.165, 1.54) is 11.3 Å². The van der Waals surface area contributed by atoms with E-state index in [1.54, 1.807) is 7.11 Å². The molecule has 4 N–H and O–H groups in total. The molecular weight excluding hydrogens is 264 g/mol. The lowest BCUT2D eigenvalue weighted by atomic mass is 10.1. The number of hydrogen-bond acceptors (Lipinski definition) is 6. The van der Waals surface area contributed by atoms with E-state index in [-0.39, 0.29) is 17.8 Å². The number of amides is 1. The quantitative estimate of drug-likeness (QED) is 0.662. The summed E-state index contributed by atoms with van der Waals surface area (Å²) in [6.07, 6.45) is 0. The lowest BCUT2D eigenvalue weighted by Gasteiger charge is -2.16. The highest BCUT2D eigenvalue weighted by Crippen LogP contribution is 2.24. The predicted octanol–water partition coefficient (Wildman–Crippen LogP) is 1.56. The first-order chi connectivity index (χ1) is 8.95. The van der Waals surface area contributed by atoms with E-state index in [2.05, 4.69) is 29.5 Å². The third-order valence-electron chi connectivity index (χ3n) is 2.80. The summed E-state index contributed by atoms with van der Waals surface area (Å²) in [6, 6.07) is 0.0962. The highest BCUT2D eigenvalue weighted by atomic mass is 32.1. The van der Waals surface area contributed by atoms with Gasteiger partial charge in [0.15, 0.2) is 5.13 Å². The van der Waals surface area contributed by atoms with Crippen molar-refractivity contribution in [1.29, 1.82) is 0 Å². The Bertz CT molecular complexity index is 420. The van der Waals surface area contributed by atoms with Crippen LogP contribution in [-0.2, 0) is 4.74 Å². The summed E-state index contributed by atoms with van der Waals surface area (Å²) < 4.78 is 4.93. The molecule has 7 heteroatoms. The number of nitrogens with two attached hydrogens (primary N) is 1. The minimum absolute atomic E-state index is 0.0962. The van der Waals surface area contributed by atoms with Crippen molar-refractivity contribution in [2.45, 2.75) is 26.8 Å². The molecule has 0 saturated heterocycles. The van der Waals surface area contributed by atoms with E-state index in [0.29, 0.717) is 29.1 Å². The van der Waals surface area contributed by atoms with Gasteiger partial charge in [0, 0.05) is 19.7 Å². The van der Waals surface area contributed by atoms with Crippen LogP contribution < -0.4 is 16.4 Å². The molecule has 0 fully saturated rings. The van der Waals surface area contributed by atoms with E-state index in [4.69, 9.17) is 10.5 Å². The van der Waals surface area contributed by atoms with E-state index in [0.717, 1.165) is 0 Å². The van der Waals surface area contributed by atoms with Gasteiger partial charge in [-0.25, -0.2) is 4.98 Å². The number of carbonyl (C=O) groups is 1. The lowest BCUT2D eigenvalue weighted by Crippen LogP contribution is -2.35. The minimum atomic E-state index is -0.170. The van der Waals surface area contributed by atoms with E-state index in [9.17, 15) is 4.79 Å². The van der Waals surface area contributed by atoms with Gasteiger partial charge in [0.05, 0.1) is 6.61 Å². The van der Waals surface area contributed by atoms with Crippen LogP contribution in [0.5, 0.6) is 0 Å². The van der Waals surface area contributed by atoms with Gasteiger partial charge in [-0.3, -0.25) is 4.79 Å². The smallest absolute Gasteiger partial charge is 0.265 e. The number of carbonyl (C=O) groups excluding carboxylic acids is 1. The number of thiazole rings is 1. The Hall–Kier alpha value is -1.34. The van der Waals surface area contributed by atoms with E-state index in [1.807, 2.05) is 6.92 Å². The Balaban J connectivity index is 2.64. The third kappa shape index (κ3) is 4.68. The fourth-order valence-electron chi connectivity index (χ4n) is 1.27. The molecule has 1 heterocycles. The maximum Gasteiger partial charge on any atom is 0.265 e. The van der Waals surface area contributed by atoms with Crippen molar-refractivity contribution in [2.75, 3.05) is 31.3 Å². The van der Waals surface area contributed by atoms with Crippen molar-refractivity contribution >= 4 is 28.2 Å². The number of rotatable bonds is 7. The number of methoxy groups -OCH3 is 1. The molecule has 1 rings (SSSR count). The van der Waals surface area contributed by atoms with Gasteiger partial charge < -0.3 is 21.1 Å². The first-order valence-corrected chi connectivity index (χ1v) is 7.07. The molecule has 0 aromatic carbocycles. The first kappa shape index (κ1) is 15.7. The normalized spacial score (nSPS) is 12.5. The van der Waals surface area contributed by atoms with Gasteiger partial charge >= 0.3 is 0 Å². The van der Waals surface area contributed by atoms with Gasteiger partial charge in [-0.15, -0.1) is 0 Å². The van der Waals surface area contributed by atoms with Gasteiger partial charge in [0.25, 0.3) is 5.91 Å². The second kappa shape index (κ2) is 7.30. The lowest BCUT2D eigenvalue weighted by molar-refractivity contribution is 0.0935. The Morgan fingerprint density at radius 3 is 2.74 bits per heavy atom. The van der Waals surface area contributed by atoms with Crippen molar-refractivity contribution < 1.29 is 9.53 Å². The molecule has 1 aromatic heterocycles. The van der Waals surface area contributed by atoms with Crippen LogP contribution in [-0.4, -0.2) is 37.2 Å². The van der Waals surface area contributed by atoms with Crippen LogP contribution in [0.1, 0.15) is 30.4 Å². The molecule has 108 valence electrons. The fourth-order valence-corrected chi connectivity index (χ4v) is 2.08. The van der Waals surface area contributed by atoms with Crippen LogP contribution >= 0.6 is 11.3 Å². The summed E-state index contributed by atoms with van der Waals surface area (Å²) in [5, 5.41) is 6.61. The van der Waals surface area contributed by atoms with Gasteiger partial charge in [-0.05, 0) is 12.8 Å². The number of hydrogen-bond donors (Lipinski definition) is 3. The SMILES string of the molecule is COCCNc1nc(N)c(C(=O)NC(C)C(C)C)s1. The largest absolute Gasteiger partial charge is 0.383 e. The fraction of sp³-hybridized carbons (Fsp3) is 0.667. The molecule has 0 radical (unpaired) electrons. The maximum atomic E-state index is 12.1. The van der Waals surface area contributed by atoms with Crippen molar-refractivity contribution in [3.8, 4) is 0 Å². The van der Waals surface area contributed by atoms with E-state index < -0.39 is 0 Å². The van der Waals surface area contributed by atoms with Crippen molar-refractivity contribution in [2.24, 2.45) is 5.92 Å². The van der Waals surface area contributed by atoms with Crippen LogP contribution in [0.4, 0.5) is 10.9 Å². The molecule has 0 aliphatic carbocycles. The van der Waals surface area contributed by atoms with Gasteiger partial charge in [-0.1, -0.05) is 25.2 Å². The van der Waals surface area contributed by atoms with Crippen LogP contribution in [0.15, 0.2) is 0 Å². The summed E-state index contributed by atoms with van der Waals surface area (Å²) in [5.41, 5.74) is 5.77. The second-order valence-corrected chi connectivity index (χ2v) is 5.66. The zero-order chi connectivity index (χ0) is 14.4. The van der Waals surface area contributed by atoms with E-state index >= 15 is 0 Å². The molecule has 0 aliphatic heterocycles. The molecule has 0 bridgehead atoms. The number of anilines is 2. The standard InChI is InChI=1S/C12H22N4O2S/c1-7(2)8(3)15-11(17)9-10(13)16-12(19-9)14-5-6-18-4/h7-8H,5-6,13H2,1-4H3,(H,14,16)(H,15,17). The second-order valence-electron chi connectivity index (χ2n) is 4.66. The molecule has 1 amide bonds. The molecule has 1 atom stereocenters. The number of aromatic nitrogens is 1. The highest BCUT2D eigenvalue weighted by Gasteiger charge is 2.18. The summed E-state index contributed by atoms with van der Waals surface area (Å²) >= 11 is 1.26. The Kier molecular flexibility index (Phi) is 6.04. The average molecular weight is 286 g/mol. The van der Waals surface area contributed by atoms with Gasteiger partial charge in [0.2, 0.25) is 0 Å². The Morgan fingerprint density at radius 2 is 2.16 bits per heavy atom. The zero-order valence-electron chi connectivity index (χ0n) is 11.8. The maximum absolute atomic E-state index is 12.1. The molecule has 6 nitrogen and oxygen atoms in total. The molecule has 0 spiro atoms. The Labute approximate surface area is 117 Å². The first-order valence-electron chi connectivity index (χ1n) is 6.25. The van der Waals surface area contributed by atoms with Crippen LogP contribution in [0.2, 0.25) is 0 Å². The molecule has 1 aromatic rings. The summed E-state index contributed by atoms with van der Waals surface area (Å²) in [7, 11) is 1.63. The monoisotopic (exact) mass is 286 g/mol. The predicted molar refractivity (Wildman–Crippen MR) is 78.7 cm³/mol. The van der Waals surface area contributed by atoms with Gasteiger partial charge in [-0.2, -0.15) is 0 Å². The number of ether oxygens (including phenoxy) is 1. The van der Waals surface area contributed by atoms with Crippen molar-refractivity contribution in [1.82, 2.24) is 10.3 Å².